The van der Waals surface area contributed by atoms with Gasteiger partial charge < -0.3 is 10.1 Å². The molecule has 1 N–H and O–H groups in total. The minimum absolute atomic E-state index is 0.809. The van der Waals surface area contributed by atoms with Crippen LogP contribution in [0.15, 0.2) is 17.6 Å². The number of nitrogens with zero attached hydrogens (tertiary/aromatic N) is 1. The number of nitrogens with one attached hydrogen (secondary N) is 1. The van der Waals surface area contributed by atoms with Crippen LogP contribution < -0.4 is 10.1 Å². The van der Waals surface area contributed by atoms with E-state index in [4.69, 9.17) is 4.74 Å². The number of ether oxygens (including phenoxy) is 1. The van der Waals surface area contributed by atoms with Crippen LogP contribution >= 0.6 is 11.3 Å². The third-order valence-corrected chi connectivity index (χ3v) is 4.03. The van der Waals surface area contributed by atoms with E-state index in [1.54, 1.807) is 18.4 Å². The summed E-state index contributed by atoms with van der Waals surface area (Å²) in [7, 11) is 1.71. The summed E-state index contributed by atoms with van der Waals surface area (Å²) >= 11 is 1.68. The summed E-state index contributed by atoms with van der Waals surface area (Å²) in [6.07, 6.45) is 0. The Labute approximate surface area is 112 Å². The molecule has 96 valence electrons. The first-order valence-corrected chi connectivity index (χ1v) is 6.78. The third-order valence-electron chi connectivity index (χ3n) is 3.09. The molecule has 0 fully saturated rings. The van der Waals surface area contributed by atoms with Crippen molar-refractivity contribution in [2.45, 2.75) is 27.3 Å². The molecule has 0 radical (unpaired) electrons. The van der Waals surface area contributed by atoms with Crippen molar-refractivity contribution >= 4 is 17.0 Å². The van der Waals surface area contributed by atoms with Gasteiger partial charge in [0.25, 0.3) is 0 Å². The molecule has 2 aromatic rings. The standard InChI is InChI=1S/C14H18N2OS/c1-9-5-6-12(10(2)14(9)17-4)15-7-13-11(3)16-8-18-13/h5-6,8,15H,7H2,1-4H3. The Morgan fingerprint density at radius 3 is 2.67 bits per heavy atom. The zero-order chi connectivity index (χ0) is 13.1. The molecule has 0 unspecified atom stereocenters. The second-order valence-electron chi connectivity index (χ2n) is 4.30. The van der Waals surface area contributed by atoms with Crippen molar-refractivity contribution in [3.05, 3.63) is 39.3 Å². The van der Waals surface area contributed by atoms with Gasteiger partial charge in [-0.25, -0.2) is 4.98 Å². The van der Waals surface area contributed by atoms with E-state index in [0.29, 0.717) is 0 Å². The number of hydrogen-bond acceptors (Lipinski definition) is 4. The third kappa shape index (κ3) is 2.48. The minimum Gasteiger partial charge on any atom is -0.496 e. The monoisotopic (exact) mass is 262 g/mol. The van der Waals surface area contributed by atoms with Gasteiger partial charge in [-0.3, -0.25) is 0 Å². The van der Waals surface area contributed by atoms with Crippen LogP contribution in [0.4, 0.5) is 5.69 Å². The van der Waals surface area contributed by atoms with E-state index in [2.05, 4.69) is 36.3 Å². The second-order valence-corrected chi connectivity index (χ2v) is 5.24. The highest BCUT2D eigenvalue weighted by Gasteiger charge is 2.08. The molecule has 1 aromatic heterocycles. The van der Waals surface area contributed by atoms with Crippen molar-refractivity contribution in [1.29, 1.82) is 0 Å². The number of anilines is 1. The predicted octanol–water partition coefficient (Wildman–Crippen LogP) is 3.69. The average Bonchev–Trinajstić information content (AvgIpc) is 2.75. The molecule has 18 heavy (non-hydrogen) atoms. The maximum Gasteiger partial charge on any atom is 0.126 e. The lowest BCUT2D eigenvalue weighted by Crippen LogP contribution is -2.02. The number of aromatic nitrogens is 1. The van der Waals surface area contributed by atoms with Crippen LogP contribution in [-0.2, 0) is 6.54 Å². The smallest absolute Gasteiger partial charge is 0.126 e. The van der Waals surface area contributed by atoms with Gasteiger partial charge in [0.2, 0.25) is 0 Å². The van der Waals surface area contributed by atoms with E-state index in [1.807, 2.05) is 12.4 Å². The van der Waals surface area contributed by atoms with Crippen LogP contribution in [0.1, 0.15) is 21.7 Å². The number of thiazole rings is 1. The van der Waals surface area contributed by atoms with Crippen LogP contribution in [0.3, 0.4) is 0 Å². The Morgan fingerprint density at radius 2 is 2.06 bits per heavy atom. The van der Waals surface area contributed by atoms with Gasteiger partial charge in [0.05, 0.1) is 24.9 Å². The number of hydrogen-bond donors (Lipinski definition) is 1. The molecule has 4 heteroatoms. The van der Waals surface area contributed by atoms with Crippen molar-refractivity contribution in [3.8, 4) is 5.75 Å². The van der Waals surface area contributed by atoms with Gasteiger partial charge >= 0.3 is 0 Å². The predicted molar refractivity (Wildman–Crippen MR) is 76.6 cm³/mol. The van der Waals surface area contributed by atoms with Crippen molar-refractivity contribution in [3.63, 3.8) is 0 Å². The van der Waals surface area contributed by atoms with Gasteiger partial charge in [-0.2, -0.15) is 0 Å². The van der Waals surface area contributed by atoms with Crippen LogP contribution in [0.25, 0.3) is 0 Å². The van der Waals surface area contributed by atoms with Gasteiger partial charge in [-0.1, -0.05) is 6.07 Å². The van der Waals surface area contributed by atoms with Crippen LogP contribution in [0, 0.1) is 20.8 Å². The first-order chi connectivity index (χ1) is 8.63. The first-order valence-electron chi connectivity index (χ1n) is 5.90. The van der Waals surface area contributed by atoms with Gasteiger partial charge in [0.1, 0.15) is 5.75 Å². The fraction of sp³-hybridized carbons (Fsp3) is 0.357. The Hall–Kier alpha value is -1.55. The minimum atomic E-state index is 0.809. The summed E-state index contributed by atoms with van der Waals surface area (Å²) in [5.41, 5.74) is 6.42. The molecule has 0 saturated heterocycles. The zero-order valence-corrected chi connectivity index (χ0v) is 12.0. The molecule has 0 aliphatic carbocycles. The highest BCUT2D eigenvalue weighted by atomic mass is 32.1. The molecule has 0 aliphatic rings. The lowest BCUT2D eigenvalue weighted by molar-refractivity contribution is 0.409. The first kappa shape index (κ1) is 12.9. The summed E-state index contributed by atoms with van der Waals surface area (Å²) in [5, 5.41) is 3.45. The molecule has 2 rings (SSSR count). The SMILES string of the molecule is COc1c(C)ccc(NCc2scnc2C)c1C. The van der Waals surface area contributed by atoms with Crippen LogP contribution in [0.2, 0.25) is 0 Å². The molecule has 0 saturated carbocycles. The van der Waals surface area contributed by atoms with Gasteiger partial charge in [0, 0.05) is 16.1 Å². The van der Waals surface area contributed by atoms with E-state index in [9.17, 15) is 0 Å². The topological polar surface area (TPSA) is 34.1 Å². The maximum absolute atomic E-state index is 5.43. The number of aryl methyl sites for hydroxylation is 2. The Balaban J connectivity index is 2.18. The summed E-state index contributed by atoms with van der Waals surface area (Å²) in [4.78, 5) is 5.53. The van der Waals surface area contributed by atoms with Gasteiger partial charge in [0.15, 0.2) is 0 Å². The fourth-order valence-corrected chi connectivity index (χ4v) is 2.72. The summed E-state index contributed by atoms with van der Waals surface area (Å²) in [6, 6.07) is 4.18. The van der Waals surface area contributed by atoms with E-state index in [0.717, 1.165) is 34.8 Å². The van der Waals surface area contributed by atoms with E-state index >= 15 is 0 Å². The van der Waals surface area contributed by atoms with Crippen molar-refractivity contribution in [1.82, 2.24) is 4.98 Å². The summed E-state index contributed by atoms with van der Waals surface area (Å²) in [6.45, 7) is 6.98. The highest BCUT2D eigenvalue weighted by Crippen LogP contribution is 2.29. The quantitative estimate of drug-likeness (QED) is 0.912. The normalized spacial score (nSPS) is 10.4. The van der Waals surface area contributed by atoms with E-state index in [-0.39, 0.29) is 0 Å². The number of methoxy groups -OCH3 is 1. The van der Waals surface area contributed by atoms with Crippen molar-refractivity contribution in [2.75, 3.05) is 12.4 Å². The van der Waals surface area contributed by atoms with Crippen molar-refractivity contribution < 1.29 is 4.74 Å². The fourth-order valence-electron chi connectivity index (χ4n) is 2.00. The molecule has 0 bridgehead atoms. The molecule has 0 spiro atoms. The average molecular weight is 262 g/mol. The van der Waals surface area contributed by atoms with Crippen LogP contribution in [0.5, 0.6) is 5.75 Å². The second kappa shape index (κ2) is 5.40. The molecule has 1 aromatic carbocycles. The number of rotatable bonds is 4. The summed E-state index contributed by atoms with van der Waals surface area (Å²) < 4.78 is 5.43. The molecule has 0 amide bonds. The van der Waals surface area contributed by atoms with Gasteiger partial charge in [-0.15, -0.1) is 11.3 Å². The molecule has 0 atom stereocenters. The molecule has 1 heterocycles. The lowest BCUT2D eigenvalue weighted by Gasteiger charge is -2.14. The number of benzene rings is 1. The molecule has 3 nitrogen and oxygen atoms in total. The van der Waals surface area contributed by atoms with Gasteiger partial charge in [-0.05, 0) is 32.4 Å². The lowest BCUT2D eigenvalue weighted by atomic mass is 10.1. The maximum atomic E-state index is 5.43. The van der Waals surface area contributed by atoms with E-state index < -0.39 is 0 Å². The zero-order valence-electron chi connectivity index (χ0n) is 11.2. The molecule has 0 aliphatic heterocycles. The Bertz CT molecular complexity index is 549. The van der Waals surface area contributed by atoms with Crippen LogP contribution in [-0.4, -0.2) is 12.1 Å². The molecular formula is C14H18N2OS. The highest BCUT2D eigenvalue weighted by molar-refractivity contribution is 7.09. The summed E-state index contributed by atoms with van der Waals surface area (Å²) in [5.74, 6) is 0.959. The Kier molecular flexibility index (Phi) is 3.87. The Morgan fingerprint density at radius 1 is 1.28 bits per heavy atom. The largest absolute Gasteiger partial charge is 0.496 e. The van der Waals surface area contributed by atoms with Crippen molar-refractivity contribution in [2.24, 2.45) is 0 Å². The molecular weight excluding hydrogens is 244 g/mol. The van der Waals surface area contributed by atoms with E-state index in [1.165, 1.54) is 4.88 Å².